The third kappa shape index (κ3) is 3.85. The lowest BCUT2D eigenvalue weighted by molar-refractivity contribution is 0.0247. The van der Waals surface area contributed by atoms with Gasteiger partial charge < -0.3 is 14.4 Å². The lowest BCUT2D eigenvalue weighted by Gasteiger charge is -2.39. The van der Waals surface area contributed by atoms with Crippen LogP contribution in [0.3, 0.4) is 0 Å². The maximum atomic E-state index is 12.4. The summed E-state index contributed by atoms with van der Waals surface area (Å²) in [6, 6.07) is 6.21. The Morgan fingerprint density at radius 3 is 2.85 bits per heavy atom. The molecule has 26 heavy (non-hydrogen) atoms. The van der Waals surface area contributed by atoms with E-state index < -0.39 is 5.60 Å². The van der Waals surface area contributed by atoms with Crippen LogP contribution in [0.25, 0.3) is 10.4 Å². The van der Waals surface area contributed by atoms with Crippen LogP contribution in [-0.4, -0.2) is 41.8 Å². The Morgan fingerprint density at radius 1 is 1.42 bits per heavy atom. The number of para-hydroxylation sites is 1. The summed E-state index contributed by atoms with van der Waals surface area (Å²) in [6.45, 7) is 9.03. The number of ether oxygens (including phenoxy) is 2. The smallest absolute Gasteiger partial charge is 0.410 e. The van der Waals surface area contributed by atoms with Crippen molar-refractivity contribution in [3.8, 4) is 16.2 Å². The van der Waals surface area contributed by atoms with Gasteiger partial charge in [-0.3, -0.25) is 4.98 Å². The molecule has 1 aromatic heterocycles. The molecule has 0 saturated heterocycles. The van der Waals surface area contributed by atoms with E-state index in [2.05, 4.69) is 24.0 Å². The van der Waals surface area contributed by atoms with Crippen molar-refractivity contribution in [2.45, 2.75) is 45.1 Å². The second kappa shape index (κ2) is 6.91. The van der Waals surface area contributed by atoms with Gasteiger partial charge >= 0.3 is 6.09 Å². The lowest BCUT2D eigenvalue weighted by Crippen LogP contribution is -2.44. The van der Waals surface area contributed by atoms with Gasteiger partial charge in [-0.25, -0.2) is 4.79 Å². The number of rotatable bonds is 3. The highest BCUT2D eigenvalue weighted by Gasteiger charge is 2.37. The normalized spacial score (nSPS) is 19.4. The average molecular weight is 375 g/mol. The van der Waals surface area contributed by atoms with Crippen LogP contribution in [0.1, 0.15) is 39.7 Å². The molecule has 2 heterocycles. The first kappa shape index (κ1) is 18.7. The van der Waals surface area contributed by atoms with Gasteiger partial charge in [0.1, 0.15) is 11.4 Å². The first-order chi connectivity index (χ1) is 12.2. The molecule has 0 radical (unpaired) electrons. The van der Waals surface area contributed by atoms with Crippen molar-refractivity contribution in [1.29, 1.82) is 0 Å². The third-order valence-electron chi connectivity index (χ3n) is 4.55. The van der Waals surface area contributed by atoms with Crippen molar-refractivity contribution >= 4 is 17.4 Å². The molecule has 1 atom stereocenters. The van der Waals surface area contributed by atoms with E-state index >= 15 is 0 Å². The predicted molar refractivity (Wildman–Crippen MR) is 104 cm³/mol. The van der Waals surface area contributed by atoms with Gasteiger partial charge in [0.2, 0.25) is 0 Å². The second-order valence-electron chi connectivity index (χ2n) is 8.04. The summed E-state index contributed by atoms with van der Waals surface area (Å²) in [5.74, 6) is 0.906. The molecule has 1 amide bonds. The van der Waals surface area contributed by atoms with Crippen LogP contribution in [0.2, 0.25) is 0 Å². The van der Waals surface area contributed by atoms with Crippen LogP contribution < -0.4 is 4.74 Å². The number of hydrogen-bond donors (Lipinski definition) is 0. The Hall–Kier alpha value is -2.08. The van der Waals surface area contributed by atoms with E-state index in [0.29, 0.717) is 13.2 Å². The highest BCUT2D eigenvalue weighted by Crippen LogP contribution is 2.45. The van der Waals surface area contributed by atoms with Gasteiger partial charge in [0.25, 0.3) is 0 Å². The summed E-state index contributed by atoms with van der Waals surface area (Å²) in [4.78, 5) is 19.3. The second-order valence-corrected chi connectivity index (χ2v) is 8.93. The Morgan fingerprint density at radius 2 is 2.19 bits per heavy atom. The molecule has 0 saturated carbocycles. The average Bonchev–Trinajstić information content (AvgIpc) is 3.07. The molecular formula is C20H26N2O3S. The molecule has 1 aromatic carbocycles. The van der Waals surface area contributed by atoms with Crippen LogP contribution in [0.4, 0.5) is 4.79 Å². The molecule has 140 valence electrons. The van der Waals surface area contributed by atoms with E-state index in [4.69, 9.17) is 9.47 Å². The quantitative estimate of drug-likeness (QED) is 0.780. The number of thiazole rings is 1. The van der Waals surface area contributed by atoms with Crippen LogP contribution in [0, 0.1) is 0 Å². The van der Waals surface area contributed by atoms with Crippen LogP contribution in [-0.2, 0) is 10.2 Å². The third-order valence-corrected chi connectivity index (χ3v) is 5.36. The van der Waals surface area contributed by atoms with Crippen molar-refractivity contribution in [2.24, 2.45) is 0 Å². The minimum atomic E-state index is -0.501. The van der Waals surface area contributed by atoms with Gasteiger partial charge in [-0.1, -0.05) is 19.1 Å². The molecule has 1 aliphatic heterocycles. The molecule has 0 fully saturated rings. The molecule has 1 unspecified atom stereocenters. The molecule has 3 rings (SSSR count). The molecular weight excluding hydrogens is 348 g/mol. The number of carbonyl (C=O) groups is 1. The molecule has 5 nitrogen and oxygen atoms in total. The molecule has 1 aliphatic rings. The van der Waals surface area contributed by atoms with E-state index in [1.54, 1.807) is 23.3 Å². The monoisotopic (exact) mass is 374 g/mol. The maximum Gasteiger partial charge on any atom is 0.410 e. The van der Waals surface area contributed by atoms with Crippen molar-refractivity contribution in [3.05, 3.63) is 35.5 Å². The summed E-state index contributed by atoms with van der Waals surface area (Å²) in [5.41, 5.74) is 3.33. The first-order valence-electron chi connectivity index (χ1n) is 8.79. The summed E-state index contributed by atoms with van der Waals surface area (Å²) in [7, 11) is 1.79. The topological polar surface area (TPSA) is 51.7 Å². The number of carbonyl (C=O) groups excluding carboxylic acids is 1. The summed E-state index contributed by atoms with van der Waals surface area (Å²) in [6.07, 6.45) is 2.41. The Kier molecular flexibility index (Phi) is 4.97. The van der Waals surface area contributed by atoms with Crippen molar-refractivity contribution in [1.82, 2.24) is 9.88 Å². The minimum Gasteiger partial charge on any atom is -0.493 e. The fourth-order valence-corrected chi connectivity index (χ4v) is 3.96. The predicted octanol–water partition coefficient (Wildman–Crippen LogP) is 4.72. The highest BCUT2D eigenvalue weighted by molar-refractivity contribution is 7.13. The molecule has 0 aliphatic carbocycles. The fraction of sp³-hybridized carbons (Fsp3) is 0.500. The zero-order valence-corrected chi connectivity index (χ0v) is 16.9. The Balaban J connectivity index is 1.89. The Labute approximate surface area is 159 Å². The van der Waals surface area contributed by atoms with Gasteiger partial charge in [0.15, 0.2) is 0 Å². The molecule has 2 aromatic rings. The summed E-state index contributed by atoms with van der Waals surface area (Å²) in [5, 5.41) is 0. The SMILES string of the molecule is CN(CC1(C)CCOc2c(-c3cncs3)cccc21)C(=O)OC(C)(C)C. The van der Waals surface area contributed by atoms with Gasteiger partial charge in [-0.2, -0.15) is 0 Å². The molecule has 0 N–H and O–H groups in total. The van der Waals surface area contributed by atoms with E-state index in [-0.39, 0.29) is 11.5 Å². The Bertz CT molecular complexity index is 783. The molecule has 0 bridgehead atoms. The first-order valence-corrected chi connectivity index (χ1v) is 9.67. The van der Waals surface area contributed by atoms with Gasteiger partial charge in [0.05, 0.1) is 17.0 Å². The summed E-state index contributed by atoms with van der Waals surface area (Å²) >= 11 is 1.60. The van der Waals surface area contributed by atoms with Crippen LogP contribution in [0.5, 0.6) is 5.75 Å². The number of nitrogens with zero attached hydrogens (tertiary/aromatic N) is 2. The van der Waals surface area contributed by atoms with E-state index in [0.717, 1.165) is 28.2 Å². The van der Waals surface area contributed by atoms with Crippen molar-refractivity contribution in [2.75, 3.05) is 20.2 Å². The van der Waals surface area contributed by atoms with Crippen molar-refractivity contribution < 1.29 is 14.3 Å². The zero-order valence-electron chi connectivity index (χ0n) is 16.0. The van der Waals surface area contributed by atoms with Gasteiger partial charge in [-0.15, -0.1) is 11.3 Å². The van der Waals surface area contributed by atoms with E-state index in [1.165, 1.54) is 0 Å². The summed E-state index contributed by atoms with van der Waals surface area (Å²) < 4.78 is 11.5. The highest BCUT2D eigenvalue weighted by atomic mass is 32.1. The van der Waals surface area contributed by atoms with Crippen LogP contribution >= 0.6 is 11.3 Å². The van der Waals surface area contributed by atoms with Gasteiger partial charge in [-0.05, 0) is 33.3 Å². The number of fused-ring (bicyclic) bond motifs is 1. The molecule has 0 spiro atoms. The zero-order chi connectivity index (χ0) is 18.9. The van der Waals surface area contributed by atoms with Gasteiger partial charge in [0, 0.05) is 36.3 Å². The fourth-order valence-electron chi connectivity index (χ4n) is 3.32. The van der Waals surface area contributed by atoms with E-state index in [9.17, 15) is 4.79 Å². The lowest BCUT2D eigenvalue weighted by atomic mass is 9.76. The van der Waals surface area contributed by atoms with Crippen LogP contribution in [0.15, 0.2) is 29.9 Å². The molecule has 6 heteroatoms. The number of hydrogen-bond acceptors (Lipinski definition) is 5. The maximum absolute atomic E-state index is 12.4. The largest absolute Gasteiger partial charge is 0.493 e. The number of amides is 1. The minimum absolute atomic E-state index is 0.195. The standard InChI is InChI=1S/C20H26N2O3S/c1-19(2,3)25-18(23)22(5)12-20(4)9-10-24-17-14(7-6-8-15(17)20)16-11-21-13-26-16/h6-8,11,13H,9-10,12H2,1-5H3. The number of likely N-dealkylation sites (N-methyl/N-ethyl adjacent to an activating group) is 1. The van der Waals surface area contributed by atoms with Crippen molar-refractivity contribution in [3.63, 3.8) is 0 Å². The number of benzene rings is 1. The van der Waals surface area contributed by atoms with E-state index in [1.807, 2.05) is 38.5 Å². The number of aromatic nitrogens is 1.